The molecule has 24 heavy (non-hydrogen) atoms. The lowest BCUT2D eigenvalue weighted by molar-refractivity contribution is -0.177. The normalized spacial score (nSPS) is 34.4. The summed E-state index contributed by atoms with van der Waals surface area (Å²) < 4.78 is 5.87. The van der Waals surface area contributed by atoms with E-state index in [1.54, 1.807) is 0 Å². The first-order valence-electron chi connectivity index (χ1n) is 9.85. The number of piperidine rings is 1. The summed E-state index contributed by atoms with van der Waals surface area (Å²) in [7, 11) is 0. The Labute approximate surface area is 144 Å². The number of nitrogens with zero attached hydrogens (tertiary/aromatic N) is 1. The number of rotatable bonds is 5. The molecule has 2 amide bonds. The van der Waals surface area contributed by atoms with Gasteiger partial charge in [-0.3, -0.25) is 9.59 Å². The number of carbonyl (C=O) groups is 2. The first kappa shape index (κ1) is 16.4. The fraction of sp³-hybridized carbons (Fsp3) is 0.895. The summed E-state index contributed by atoms with van der Waals surface area (Å²) in [6, 6.07) is 0.282. The molecule has 4 rings (SSSR count). The average molecular weight is 334 g/mol. The van der Waals surface area contributed by atoms with E-state index in [4.69, 9.17) is 4.74 Å². The molecular weight excluding hydrogens is 304 g/mol. The van der Waals surface area contributed by atoms with Crippen molar-refractivity contribution in [3.63, 3.8) is 0 Å². The first-order chi connectivity index (χ1) is 11.6. The number of nitrogens with one attached hydrogen (secondary N) is 1. The van der Waals surface area contributed by atoms with Gasteiger partial charge in [-0.25, -0.2) is 0 Å². The second kappa shape index (κ2) is 6.32. The van der Waals surface area contributed by atoms with Crippen molar-refractivity contribution in [3.05, 3.63) is 0 Å². The Bertz CT molecular complexity index is 513. The highest BCUT2D eigenvalue weighted by atomic mass is 16.5. The van der Waals surface area contributed by atoms with Gasteiger partial charge < -0.3 is 15.0 Å². The van der Waals surface area contributed by atoms with E-state index in [2.05, 4.69) is 5.32 Å². The highest BCUT2D eigenvalue weighted by Gasteiger charge is 2.59. The summed E-state index contributed by atoms with van der Waals surface area (Å²) in [4.78, 5) is 27.0. The summed E-state index contributed by atoms with van der Waals surface area (Å²) in [5.41, 5.74) is 0.212. The third-order valence-corrected chi connectivity index (χ3v) is 6.78. The molecule has 134 valence electrons. The monoisotopic (exact) mass is 334 g/mol. The van der Waals surface area contributed by atoms with Crippen molar-refractivity contribution < 1.29 is 14.3 Å². The molecule has 4 fully saturated rings. The number of amides is 2. The number of hydrogen-bond donors (Lipinski definition) is 1. The van der Waals surface area contributed by atoms with Gasteiger partial charge in [-0.15, -0.1) is 0 Å². The Hall–Kier alpha value is -1.10. The minimum atomic E-state index is -0.0234. The highest BCUT2D eigenvalue weighted by Crippen LogP contribution is 2.57. The largest absolute Gasteiger partial charge is 0.378 e. The molecular formula is C19H30N2O3. The summed E-state index contributed by atoms with van der Waals surface area (Å²) in [5.74, 6) is 0.672. The van der Waals surface area contributed by atoms with Crippen LogP contribution in [0.1, 0.15) is 58.3 Å². The van der Waals surface area contributed by atoms with Gasteiger partial charge in [0.05, 0.1) is 12.0 Å². The van der Waals surface area contributed by atoms with E-state index >= 15 is 0 Å². The SMILES string of the molecule is CCO[C@H]1C[C@H](NC(=O)[C@@H]2CCCN(C(=O)C3CC3)C2)C12CCC2. The minimum Gasteiger partial charge on any atom is -0.378 e. The molecule has 0 aromatic heterocycles. The van der Waals surface area contributed by atoms with Crippen LogP contribution in [0.3, 0.4) is 0 Å². The van der Waals surface area contributed by atoms with Crippen molar-refractivity contribution in [3.8, 4) is 0 Å². The Morgan fingerprint density at radius 1 is 1.17 bits per heavy atom. The van der Waals surface area contributed by atoms with Gasteiger partial charge in [-0.05, 0) is 51.9 Å². The molecule has 5 nitrogen and oxygen atoms in total. The van der Waals surface area contributed by atoms with E-state index in [0.29, 0.717) is 12.6 Å². The van der Waals surface area contributed by atoms with E-state index in [9.17, 15) is 9.59 Å². The highest BCUT2D eigenvalue weighted by molar-refractivity contribution is 5.83. The molecule has 3 saturated carbocycles. The molecule has 3 aliphatic carbocycles. The third-order valence-electron chi connectivity index (χ3n) is 6.78. The molecule has 0 aromatic carbocycles. The molecule has 1 aliphatic heterocycles. The molecule has 3 atom stereocenters. The van der Waals surface area contributed by atoms with E-state index in [0.717, 1.165) is 45.3 Å². The van der Waals surface area contributed by atoms with E-state index in [1.807, 2.05) is 11.8 Å². The zero-order valence-electron chi connectivity index (χ0n) is 14.8. The lowest BCUT2D eigenvalue weighted by Gasteiger charge is -2.61. The standard InChI is InChI=1S/C19H30N2O3/c1-2-24-16-11-15(19(16)8-4-9-19)20-17(22)14-5-3-10-21(12-14)18(23)13-6-7-13/h13-16H,2-12H2,1H3,(H,20,22)/t14-,15+,16+/m1/s1. The smallest absolute Gasteiger partial charge is 0.225 e. The predicted molar refractivity (Wildman–Crippen MR) is 90.3 cm³/mol. The molecule has 0 bridgehead atoms. The molecule has 0 radical (unpaired) electrons. The van der Waals surface area contributed by atoms with Crippen LogP contribution < -0.4 is 5.32 Å². The van der Waals surface area contributed by atoms with Crippen LogP contribution in [0.15, 0.2) is 0 Å². The Morgan fingerprint density at radius 3 is 2.58 bits per heavy atom. The van der Waals surface area contributed by atoms with Gasteiger partial charge in [-0.2, -0.15) is 0 Å². The third kappa shape index (κ3) is 2.75. The topological polar surface area (TPSA) is 58.6 Å². The zero-order chi connectivity index (χ0) is 16.7. The Morgan fingerprint density at radius 2 is 1.96 bits per heavy atom. The minimum absolute atomic E-state index is 0.0234. The summed E-state index contributed by atoms with van der Waals surface area (Å²) >= 11 is 0. The van der Waals surface area contributed by atoms with Crippen molar-refractivity contribution in [1.29, 1.82) is 0 Å². The summed E-state index contributed by atoms with van der Waals surface area (Å²) in [6.45, 7) is 4.26. The van der Waals surface area contributed by atoms with Crippen LogP contribution >= 0.6 is 0 Å². The second-order valence-corrected chi connectivity index (χ2v) is 8.23. The lowest BCUT2D eigenvalue weighted by Crippen LogP contribution is -2.68. The van der Waals surface area contributed by atoms with Gasteiger partial charge in [0.15, 0.2) is 0 Å². The van der Waals surface area contributed by atoms with Crippen LogP contribution in [0.2, 0.25) is 0 Å². The van der Waals surface area contributed by atoms with Gasteiger partial charge in [0.25, 0.3) is 0 Å². The van der Waals surface area contributed by atoms with Crippen molar-refractivity contribution >= 4 is 11.8 Å². The quantitative estimate of drug-likeness (QED) is 0.838. The van der Waals surface area contributed by atoms with Crippen molar-refractivity contribution in [1.82, 2.24) is 10.2 Å². The van der Waals surface area contributed by atoms with Crippen LogP contribution in [-0.4, -0.2) is 48.6 Å². The molecule has 1 spiro atoms. The average Bonchev–Trinajstić information content (AvgIpc) is 3.36. The Kier molecular flexibility index (Phi) is 4.31. The predicted octanol–water partition coefficient (Wildman–Crippen LogP) is 2.10. The van der Waals surface area contributed by atoms with Gasteiger partial charge >= 0.3 is 0 Å². The molecule has 0 unspecified atom stereocenters. The number of hydrogen-bond acceptors (Lipinski definition) is 3. The number of carbonyl (C=O) groups excluding carboxylic acids is 2. The zero-order valence-corrected chi connectivity index (χ0v) is 14.8. The van der Waals surface area contributed by atoms with Gasteiger partial charge in [0.1, 0.15) is 0 Å². The van der Waals surface area contributed by atoms with Gasteiger partial charge in [0.2, 0.25) is 11.8 Å². The molecule has 1 N–H and O–H groups in total. The van der Waals surface area contributed by atoms with E-state index in [1.165, 1.54) is 19.3 Å². The van der Waals surface area contributed by atoms with Crippen LogP contribution in [-0.2, 0) is 14.3 Å². The van der Waals surface area contributed by atoms with Gasteiger partial charge in [-0.1, -0.05) is 6.42 Å². The Balaban J connectivity index is 1.32. The van der Waals surface area contributed by atoms with E-state index < -0.39 is 0 Å². The molecule has 1 saturated heterocycles. The molecule has 0 aromatic rings. The first-order valence-corrected chi connectivity index (χ1v) is 9.85. The molecule has 4 aliphatic rings. The van der Waals surface area contributed by atoms with Gasteiger partial charge in [0, 0.05) is 37.1 Å². The second-order valence-electron chi connectivity index (χ2n) is 8.23. The fourth-order valence-corrected chi connectivity index (χ4v) is 4.91. The van der Waals surface area contributed by atoms with Crippen LogP contribution in [0.4, 0.5) is 0 Å². The van der Waals surface area contributed by atoms with Crippen LogP contribution in [0, 0.1) is 17.3 Å². The maximum absolute atomic E-state index is 12.8. The van der Waals surface area contributed by atoms with Crippen LogP contribution in [0.25, 0.3) is 0 Å². The summed E-state index contributed by atoms with van der Waals surface area (Å²) in [6.07, 6.45) is 8.84. The maximum atomic E-state index is 12.8. The van der Waals surface area contributed by atoms with Crippen molar-refractivity contribution in [2.75, 3.05) is 19.7 Å². The van der Waals surface area contributed by atoms with Crippen molar-refractivity contribution in [2.45, 2.75) is 70.4 Å². The fourth-order valence-electron chi connectivity index (χ4n) is 4.91. The van der Waals surface area contributed by atoms with Crippen LogP contribution in [0.5, 0.6) is 0 Å². The maximum Gasteiger partial charge on any atom is 0.225 e. The number of likely N-dealkylation sites (tertiary alicyclic amines) is 1. The van der Waals surface area contributed by atoms with E-state index in [-0.39, 0.29) is 35.1 Å². The van der Waals surface area contributed by atoms with Crippen molar-refractivity contribution in [2.24, 2.45) is 17.3 Å². The number of ether oxygens (including phenoxy) is 1. The molecule has 1 heterocycles. The lowest BCUT2D eigenvalue weighted by atomic mass is 9.51. The summed E-state index contributed by atoms with van der Waals surface area (Å²) in [5, 5.41) is 3.31. The molecule has 5 heteroatoms.